The van der Waals surface area contributed by atoms with Crippen LogP contribution in [-0.2, 0) is 6.42 Å². The predicted molar refractivity (Wildman–Crippen MR) is 106 cm³/mol. The maximum atomic E-state index is 13.3. The molecule has 2 nitrogen and oxygen atoms in total. The molecule has 0 radical (unpaired) electrons. The van der Waals surface area contributed by atoms with Crippen molar-refractivity contribution in [3.63, 3.8) is 0 Å². The summed E-state index contributed by atoms with van der Waals surface area (Å²) in [7, 11) is 0. The Balaban J connectivity index is 1.79. The van der Waals surface area contributed by atoms with Crippen LogP contribution in [0.2, 0.25) is 0 Å². The second-order valence-corrected chi connectivity index (χ2v) is 8.20. The molecule has 0 unspecified atom stereocenters. The van der Waals surface area contributed by atoms with Crippen LogP contribution in [-0.4, -0.2) is 17.4 Å². The Labute approximate surface area is 160 Å². The van der Waals surface area contributed by atoms with Gasteiger partial charge in [-0.2, -0.15) is 0 Å². The van der Waals surface area contributed by atoms with E-state index in [1.54, 1.807) is 11.3 Å². The van der Waals surface area contributed by atoms with Gasteiger partial charge in [0.1, 0.15) is 0 Å². The number of benzene rings is 2. The molecule has 126 valence electrons. The summed E-state index contributed by atoms with van der Waals surface area (Å²) in [5.41, 5.74) is 4.39. The molecule has 0 saturated carbocycles. The Bertz CT molecular complexity index is 916. The third-order valence-corrected chi connectivity index (χ3v) is 6.41. The van der Waals surface area contributed by atoms with Gasteiger partial charge in [0.15, 0.2) is 0 Å². The molecule has 1 amide bonds. The zero-order valence-electron chi connectivity index (χ0n) is 13.9. The summed E-state index contributed by atoms with van der Waals surface area (Å²) in [6.45, 7) is 2.83. The van der Waals surface area contributed by atoms with E-state index in [9.17, 15) is 4.79 Å². The van der Waals surface area contributed by atoms with Crippen molar-refractivity contribution in [3.8, 4) is 0 Å². The first kappa shape index (κ1) is 16.6. The van der Waals surface area contributed by atoms with Gasteiger partial charge in [-0.05, 0) is 64.0 Å². The lowest BCUT2D eigenvalue weighted by Gasteiger charge is -2.36. The minimum absolute atomic E-state index is 0.0183. The molecule has 1 aliphatic heterocycles. The lowest BCUT2D eigenvalue weighted by Crippen LogP contribution is -2.40. The lowest BCUT2D eigenvalue weighted by atomic mass is 9.92. The molecule has 0 aliphatic carbocycles. The van der Waals surface area contributed by atoms with E-state index in [0.717, 1.165) is 23.0 Å². The Kier molecular flexibility index (Phi) is 4.48. The van der Waals surface area contributed by atoms with Gasteiger partial charge in [-0.15, -0.1) is 11.3 Å². The van der Waals surface area contributed by atoms with E-state index in [4.69, 9.17) is 0 Å². The average molecular weight is 412 g/mol. The van der Waals surface area contributed by atoms with Crippen LogP contribution < -0.4 is 0 Å². The molecule has 0 N–H and O–H groups in total. The Morgan fingerprint density at radius 1 is 1.12 bits per heavy atom. The molecule has 1 aliphatic rings. The van der Waals surface area contributed by atoms with E-state index in [-0.39, 0.29) is 11.9 Å². The first-order valence-electron chi connectivity index (χ1n) is 8.33. The number of carbonyl (C=O) groups is 1. The van der Waals surface area contributed by atoms with Gasteiger partial charge < -0.3 is 4.90 Å². The molecule has 0 spiro atoms. The van der Waals surface area contributed by atoms with Gasteiger partial charge in [-0.1, -0.05) is 42.0 Å². The summed E-state index contributed by atoms with van der Waals surface area (Å²) in [5.74, 6) is 0.0786. The van der Waals surface area contributed by atoms with Gasteiger partial charge in [0.25, 0.3) is 5.91 Å². The molecule has 4 heteroatoms. The van der Waals surface area contributed by atoms with Crippen LogP contribution in [0.1, 0.15) is 38.0 Å². The Hall–Kier alpha value is -1.91. The number of thiophene rings is 1. The molecule has 1 aromatic heterocycles. The van der Waals surface area contributed by atoms with Crippen LogP contribution in [0, 0.1) is 6.92 Å². The second-order valence-electron chi connectivity index (χ2n) is 6.34. The molecule has 0 fully saturated rings. The molecular formula is C21H18BrNOS. The van der Waals surface area contributed by atoms with Crippen molar-refractivity contribution in [3.05, 3.63) is 91.6 Å². The van der Waals surface area contributed by atoms with Crippen molar-refractivity contribution in [2.24, 2.45) is 0 Å². The van der Waals surface area contributed by atoms with Crippen molar-refractivity contribution < 1.29 is 4.79 Å². The summed E-state index contributed by atoms with van der Waals surface area (Å²) < 4.78 is 0.846. The number of halogens is 1. The smallest absolute Gasteiger partial charge is 0.255 e. The van der Waals surface area contributed by atoms with Crippen LogP contribution in [0.25, 0.3) is 0 Å². The van der Waals surface area contributed by atoms with E-state index in [1.807, 2.05) is 29.2 Å². The number of carbonyl (C=O) groups excluding carboxylic acids is 1. The SMILES string of the molecule is Cc1ccc([C@@H]2c3ccsc3CCN2C(=O)c2ccccc2Br)cc1. The summed E-state index contributed by atoms with van der Waals surface area (Å²) in [6, 6.07) is 18.4. The van der Waals surface area contributed by atoms with Gasteiger partial charge in [0, 0.05) is 15.9 Å². The van der Waals surface area contributed by atoms with Crippen molar-refractivity contribution in [1.82, 2.24) is 4.90 Å². The average Bonchev–Trinajstić information content (AvgIpc) is 3.10. The summed E-state index contributed by atoms with van der Waals surface area (Å²) in [4.78, 5) is 16.7. The van der Waals surface area contributed by atoms with E-state index < -0.39 is 0 Å². The van der Waals surface area contributed by atoms with Gasteiger partial charge in [0.2, 0.25) is 0 Å². The highest BCUT2D eigenvalue weighted by Gasteiger charge is 2.33. The molecule has 0 bridgehead atoms. The van der Waals surface area contributed by atoms with Crippen LogP contribution in [0.3, 0.4) is 0 Å². The van der Waals surface area contributed by atoms with E-state index in [0.29, 0.717) is 0 Å². The van der Waals surface area contributed by atoms with E-state index in [2.05, 4.69) is 58.6 Å². The van der Waals surface area contributed by atoms with Crippen molar-refractivity contribution in [2.45, 2.75) is 19.4 Å². The quantitative estimate of drug-likeness (QED) is 0.536. The number of hydrogen-bond acceptors (Lipinski definition) is 2. The van der Waals surface area contributed by atoms with E-state index >= 15 is 0 Å². The zero-order valence-corrected chi connectivity index (χ0v) is 16.3. The number of nitrogens with zero attached hydrogens (tertiary/aromatic N) is 1. The normalized spacial score (nSPS) is 16.6. The number of rotatable bonds is 2. The molecule has 0 saturated heterocycles. The fraction of sp³-hybridized carbons (Fsp3) is 0.190. The first-order valence-corrected chi connectivity index (χ1v) is 10.0. The van der Waals surface area contributed by atoms with Gasteiger partial charge in [-0.25, -0.2) is 0 Å². The summed E-state index contributed by atoms with van der Waals surface area (Å²) in [6.07, 6.45) is 0.922. The third kappa shape index (κ3) is 3.05. The second kappa shape index (κ2) is 6.77. The van der Waals surface area contributed by atoms with Gasteiger partial charge in [0.05, 0.1) is 11.6 Å². The number of aryl methyl sites for hydroxylation is 1. The monoisotopic (exact) mass is 411 g/mol. The molecule has 3 aromatic rings. The Morgan fingerprint density at radius 3 is 2.64 bits per heavy atom. The highest BCUT2D eigenvalue weighted by molar-refractivity contribution is 9.10. The molecule has 25 heavy (non-hydrogen) atoms. The minimum Gasteiger partial charge on any atom is -0.327 e. The van der Waals surface area contributed by atoms with Crippen LogP contribution in [0.4, 0.5) is 0 Å². The summed E-state index contributed by atoms with van der Waals surface area (Å²) >= 11 is 5.32. The molecule has 1 atom stereocenters. The standard InChI is InChI=1S/C21H18BrNOS/c1-14-6-8-15(9-7-14)20-17-11-13-25-19(17)10-12-23(20)21(24)16-4-2-3-5-18(16)22/h2-9,11,13,20H,10,12H2,1H3/t20-/m1/s1. The van der Waals surface area contributed by atoms with Gasteiger partial charge in [-0.3, -0.25) is 4.79 Å². The summed E-state index contributed by atoms with van der Waals surface area (Å²) in [5, 5.41) is 2.14. The van der Waals surface area contributed by atoms with Gasteiger partial charge >= 0.3 is 0 Å². The fourth-order valence-corrected chi connectivity index (χ4v) is 4.79. The third-order valence-electron chi connectivity index (χ3n) is 4.72. The number of hydrogen-bond donors (Lipinski definition) is 0. The topological polar surface area (TPSA) is 20.3 Å². The van der Waals surface area contributed by atoms with Crippen molar-refractivity contribution >= 4 is 33.2 Å². The molecular weight excluding hydrogens is 394 g/mol. The van der Waals surface area contributed by atoms with Crippen molar-refractivity contribution in [2.75, 3.05) is 6.54 Å². The predicted octanol–water partition coefficient (Wildman–Crippen LogP) is 5.61. The molecule has 2 aromatic carbocycles. The van der Waals surface area contributed by atoms with Crippen LogP contribution >= 0.6 is 27.3 Å². The molecule has 4 rings (SSSR count). The number of amides is 1. The highest BCUT2D eigenvalue weighted by atomic mass is 79.9. The number of fused-ring (bicyclic) bond motifs is 1. The van der Waals surface area contributed by atoms with Crippen LogP contribution in [0.5, 0.6) is 0 Å². The first-order chi connectivity index (χ1) is 12.1. The Morgan fingerprint density at radius 2 is 1.88 bits per heavy atom. The zero-order chi connectivity index (χ0) is 17.4. The van der Waals surface area contributed by atoms with Crippen LogP contribution in [0.15, 0.2) is 64.5 Å². The lowest BCUT2D eigenvalue weighted by molar-refractivity contribution is 0.0695. The fourth-order valence-electron chi connectivity index (χ4n) is 3.43. The van der Waals surface area contributed by atoms with E-state index in [1.165, 1.54) is 21.6 Å². The minimum atomic E-state index is -0.0183. The largest absolute Gasteiger partial charge is 0.327 e. The molecule has 2 heterocycles. The maximum Gasteiger partial charge on any atom is 0.255 e. The van der Waals surface area contributed by atoms with Crippen molar-refractivity contribution in [1.29, 1.82) is 0 Å². The highest BCUT2D eigenvalue weighted by Crippen LogP contribution is 2.39. The maximum absolute atomic E-state index is 13.3.